The van der Waals surface area contributed by atoms with Crippen LogP contribution in [0.1, 0.15) is 42.9 Å². The molecule has 3 fully saturated rings. The average molecular weight is 516 g/mol. The van der Waals surface area contributed by atoms with Gasteiger partial charge in [0.05, 0.1) is 11.6 Å². The minimum Gasteiger partial charge on any atom is -0.510 e. The molecule has 0 bridgehead atoms. The number of carbonyl (C=O) groups excluding carboxylic acids is 2. The van der Waals surface area contributed by atoms with E-state index in [1.54, 1.807) is 19.0 Å². The van der Waals surface area contributed by atoms with Crippen LogP contribution in [0.2, 0.25) is 0 Å². The highest BCUT2D eigenvalue weighted by molar-refractivity contribution is 6.14. The number of phenolic OH excluding ortho intramolecular Hbond substituents is 1. The fourth-order valence-corrected chi connectivity index (χ4v) is 6.76. The van der Waals surface area contributed by atoms with Crippen LogP contribution in [0.15, 0.2) is 23.0 Å². The van der Waals surface area contributed by atoms with Gasteiger partial charge in [-0.25, -0.2) is 4.39 Å². The second-order valence-electron chi connectivity index (χ2n) is 11.5. The maximum absolute atomic E-state index is 15.7. The molecule has 1 amide bonds. The minimum absolute atomic E-state index is 0.0171. The zero-order chi connectivity index (χ0) is 26.8. The van der Waals surface area contributed by atoms with Crippen molar-refractivity contribution in [2.45, 2.75) is 62.1 Å². The molecule has 4 aliphatic carbocycles. The van der Waals surface area contributed by atoms with E-state index in [4.69, 9.17) is 10.5 Å². The van der Waals surface area contributed by atoms with Crippen LogP contribution < -0.4 is 11.1 Å². The number of hydrogen-bond donors (Lipinski definition) is 6. The smallest absolute Gasteiger partial charge is 0.253 e. The van der Waals surface area contributed by atoms with Gasteiger partial charge in [0.2, 0.25) is 11.6 Å². The molecule has 2 saturated carbocycles. The predicted molar refractivity (Wildman–Crippen MR) is 127 cm³/mol. The molecule has 1 aliphatic heterocycles. The van der Waals surface area contributed by atoms with Crippen LogP contribution in [0, 0.1) is 17.7 Å². The lowest BCUT2D eigenvalue weighted by Crippen LogP contribution is -2.60. The molecule has 198 valence electrons. The van der Waals surface area contributed by atoms with Gasteiger partial charge in [-0.05, 0) is 58.7 Å². The number of nitrogens with two attached hydrogens (primary N) is 1. The number of hydrogen-bond acceptors (Lipinski definition) is 9. The van der Waals surface area contributed by atoms with Gasteiger partial charge in [-0.15, -0.1) is 0 Å². The Morgan fingerprint density at radius 2 is 1.97 bits per heavy atom. The van der Waals surface area contributed by atoms with E-state index >= 15 is 4.39 Å². The Labute approximate surface area is 212 Å². The van der Waals surface area contributed by atoms with Crippen molar-refractivity contribution in [3.8, 4) is 5.75 Å². The van der Waals surface area contributed by atoms with Crippen molar-refractivity contribution in [3.63, 3.8) is 0 Å². The second kappa shape index (κ2) is 7.31. The summed E-state index contributed by atoms with van der Waals surface area (Å²) in [6, 6.07) is 0.351. The van der Waals surface area contributed by atoms with Gasteiger partial charge in [0.15, 0.2) is 5.60 Å². The van der Waals surface area contributed by atoms with Crippen LogP contribution in [0.4, 0.5) is 4.39 Å². The Hall–Kier alpha value is -2.99. The molecule has 1 aromatic rings. The number of amides is 1. The molecular weight excluding hydrogens is 485 g/mol. The van der Waals surface area contributed by atoms with E-state index in [1.807, 2.05) is 6.92 Å². The number of nitrogens with zero attached hydrogens (tertiary/aromatic N) is 1. The van der Waals surface area contributed by atoms with Gasteiger partial charge in [-0.2, -0.15) is 0 Å². The van der Waals surface area contributed by atoms with Gasteiger partial charge in [-0.1, -0.05) is 0 Å². The van der Waals surface area contributed by atoms with Crippen LogP contribution in [-0.4, -0.2) is 74.1 Å². The first-order valence-electron chi connectivity index (χ1n) is 12.4. The van der Waals surface area contributed by atoms with Crippen LogP contribution in [0.3, 0.4) is 0 Å². The number of phenols is 1. The third-order valence-electron chi connectivity index (χ3n) is 8.94. The van der Waals surface area contributed by atoms with Gasteiger partial charge in [0, 0.05) is 34.7 Å². The van der Waals surface area contributed by atoms with Gasteiger partial charge >= 0.3 is 0 Å². The quantitative estimate of drug-likeness (QED) is 0.312. The topological polar surface area (TPSA) is 169 Å². The first-order valence-corrected chi connectivity index (χ1v) is 12.4. The lowest BCUT2D eigenvalue weighted by Gasteiger charge is -2.45. The number of rotatable bonds is 5. The third kappa shape index (κ3) is 2.99. The first-order chi connectivity index (χ1) is 17.3. The van der Waals surface area contributed by atoms with Crippen molar-refractivity contribution in [2.24, 2.45) is 17.6 Å². The van der Waals surface area contributed by atoms with Crippen LogP contribution >= 0.6 is 0 Å². The van der Waals surface area contributed by atoms with Crippen molar-refractivity contribution >= 4 is 17.4 Å². The zero-order valence-corrected chi connectivity index (χ0v) is 20.8. The minimum atomic E-state index is -2.45. The summed E-state index contributed by atoms with van der Waals surface area (Å²) < 4.78 is 21.3. The number of aromatic hydroxyl groups is 1. The number of ether oxygens (including phenoxy) is 1. The number of aliphatic hydroxyl groups excluding tert-OH is 2. The number of halogens is 1. The highest BCUT2D eigenvalue weighted by Crippen LogP contribution is 2.67. The second-order valence-corrected chi connectivity index (χ2v) is 11.5. The monoisotopic (exact) mass is 515 g/mol. The Balaban J connectivity index is 1.46. The number of nitrogens with one attached hydrogen (secondary N) is 1. The lowest BCUT2D eigenvalue weighted by molar-refractivity contribution is -0.127. The number of ketones is 1. The van der Waals surface area contributed by atoms with E-state index < -0.39 is 63.9 Å². The van der Waals surface area contributed by atoms with E-state index in [2.05, 4.69) is 5.32 Å². The van der Waals surface area contributed by atoms with Crippen LogP contribution in [0.25, 0.3) is 5.76 Å². The number of fused-ring (bicyclic) bond motifs is 2. The van der Waals surface area contributed by atoms with E-state index in [-0.39, 0.29) is 52.9 Å². The summed E-state index contributed by atoms with van der Waals surface area (Å²) in [5, 5.41) is 47.5. The number of aliphatic hydroxyl groups is 3. The molecule has 10 nitrogen and oxygen atoms in total. The molecule has 6 rings (SSSR count). The van der Waals surface area contributed by atoms with Crippen LogP contribution in [0.5, 0.6) is 5.75 Å². The van der Waals surface area contributed by atoms with Crippen molar-refractivity contribution < 1.29 is 39.1 Å². The van der Waals surface area contributed by atoms with E-state index in [9.17, 15) is 30.0 Å². The maximum Gasteiger partial charge on any atom is 0.253 e. The molecule has 7 N–H and O–H groups in total. The van der Waals surface area contributed by atoms with Gasteiger partial charge in [0.25, 0.3) is 5.91 Å². The van der Waals surface area contributed by atoms with Crippen molar-refractivity contribution in [2.75, 3.05) is 14.1 Å². The van der Waals surface area contributed by atoms with Gasteiger partial charge < -0.3 is 36.2 Å². The molecule has 11 heteroatoms. The maximum atomic E-state index is 15.7. The average Bonchev–Trinajstić information content (AvgIpc) is 3.68. The number of likely N-dealkylation sites (N-methyl/N-ethyl adjacent to an activating group) is 1. The van der Waals surface area contributed by atoms with Crippen LogP contribution in [-0.2, 0) is 27.3 Å². The molecule has 5 atom stereocenters. The largest absolute Gasteiger partial charge is 0.510 e. The molecule has 1 saturated heterocycles. The fourth-order valence-electron chi connectivity index (χ4n) is 6.76. The molecule has 1 unspecified atom stereocenters. The summed E-state index contributed by atoms with van der Waals surface area (Å²) in [6.07, 6.45) is 2.10. The molecule has 0 radical (unpaired) electrons. The molecule has 0 aromatic heterocycles. The summed E-state index contributed by atoms with van der Waals surface area (Å²) in [5.74, 6) is -7.82. The highest BCUT2D eigenvalue weighted by Gasteiger charge is 2.86. The number of carbonyl (C=O) groups is 2. The number of epoxide rings is 1. The molecule has 5 aliphatic rings. The number of Topliss-reactive ketones (excluding diaryl/α,β-unsaturated/α-hetero) is 1. The molecule has 1 spiro atoms. The summed E-state index contributed by atoms with van der Waals surface area (Å²) in [5.41, 5.74) is 2.94. The Morgan fingerprint density at radius 1 is 1.30 bits per heavy atom. The molecule has 1 aromatic carbocycles. The van der Waals surface area contributed by atoms with E-state index in [0.29, 0.717) is 0 Å². The zero-order valence-electron chi connectivity index (χ0n) is 20.8. The summed E-state index contributed by atoms with van der Waals surface area (Å²) >= 11 is 0. The fraction of sp³-hybridized carbons (Fsp3) is 0.538. The molecule has 1 heterocycles. The summed E-state index contributed by atoms with van der Waals surface area (Å²) in [7, 11) is 3.28. The number of primary amides is 1. The Bertz CT molecular complexity index is 1350. The van der Waals surface area contributed by atoms with E-state index in [1.165, 1.54) is 6.07 Å². The van der Waals surface area contributed by atoms with Crippen molar-refractivity contribution in [1.82, 2.24) is 10.2 Å². The standard InChI is InChI=1S/C26H30FN3O7/c1-24(4-5-24)29-9-11-8-14(31)16-12(18(11)27)6-10-7-13-19(30(2)3)21(33)17(23(28)35)26(36)25(13,37-26)22(34)15(10)20(16)32/h8,10,13,19,29,31-33,36H,4-7,9H2,1-3H3,(H2,28,35)/t10-,13-,19-,25-,26?/m0/s1. The van der Waals surface area contributed by atoms with Crippen molar-refractivity contribution in [1.29, 1.82) is 0 Å². The lowest BCUT2D eigenvalue weighted by atomic mass is 9.58. The van der Waals surface area contributed by atoms with Crippen molar-refractivity contribution in [3.05, 3.63) is 45.5 Å². The SMILES string of the molecule is CN(C)[C@@H]1C(O)=C(C(N)=O)C2(O)O[C@@]23C(=O)C2=C(O)c4c(O)cc(CNC5(C)CC5)c(F)c4C[C@H]2C[C@@H]13. The third-order valence-corrected chi connectivity index (χ3v) is 8.94. The summed E-state index contributed by atoms with van der Waals surface area (Å²) in [6.45, 7) is 2.24. The highest BCUT2D eigenvalue weighted by atomic mass is 19.1. The molecular formula is C26H30FN3O7. The summed E-state index contributed by atoms with van der Waals surface area (Å²) in [4.78, 5) is 27.7. The Morgan fingerprint density at radius 3 is 2.57 bits per heavy atom. The molecule has 37 heavy (non-hydrogen) atoms. The van der Waals surface area contributed by atoms with Gasteiger partial charge in [0.1, 0.15) is 28.7 Å². The number of benzene rings is 1. The normalized spacial score (nSPS) is 35.1. The van der Waals surface area contributed by atoms with E-state index in [0.717, 1.165) is 12.8 Å². The first kappa shape index (κ1) is 24.4. The Kier molecular flexibility index (Phi) is 4.81. The van der Waals surface area contributed by atoms with Gasteiger partial charge in [-0.3, -0.25) is 14.5 Å². The predicted octanol–water partition coefficient (Wildman–Crippen LogP) is 0.903.